The Kier molecular flexibility index (Phi) is 12.6. The first kappa shape index (κ1) is 36.2. The molecule has 42 heavy (non-hydrogen) atoms. The zero-order valence-corrected chi connectivity index (χ0v) is 29.9. The summed E-state index contributed by atoms with van der Waals surface area (Å²) in [4.78, 5) is 28.1. The molecule has 0 aliphatic heterocycles. The monoisotopic (exact) mass is 620 g/mol. The molecule has 0 radical (unpaired) electrons. The number of amides is 1. The van der Waals surface area contributed by atoms with Gasteiger partial charge in [0, 0.05) is 22.1 Å². The molecule has 0 fully saturated rings. The fourth-order valence-corrected chi connectivity index (χ4v) is 7.27. The summed E-state index contributed by atoms with van der Waals surface area (Å²) in [7, 11) is 1.34. The molecule has 0 saturated heterocycles. The van der Waals surface area contributed by atoms with E-state index >= 15 is 0 Å². The van der Waals surface area contributed by atoms with Gasteiger partial charge in [0.2, 0.25) is 5.91 Å². The van der Waals surface area contributed by atoms with Crippen LogP contribution in [0.1, 0.15) is 102 Å². The van der Waals surface area contributed by atoms with Gasteiger partial charge in [-0.05, 0) is 81.7 Å². The van der Waals surface area contributed by atoms with Gasteiger partial charge in [-0.3, -0.25) is 9.59 Å². The summed E-state index contributed by atoms with van der Waals surface area (Å²) in [5.74, 6) is 0.316. The van der Waals surface area contributed by atoms with Crippen molar-refractivity contribution in [2.24, 2.45) is 5.41 Å². The van der Waals surface area contributed by atoms with E-state index in [1.54, 1.807) is 16.2 Å². The molecule has 2 unspecified atom stereocenters. The van der Waals surface area contributed by atoms with Crippen LogP contribution in [0.15, 0.2) is 24.3 Å². The molecule has 1 amide bonds. The number of rotatable bonds is 13. The number of thiophene rings is 1. The van der Waals surface area contributed by atoms with Crippen LogP contribution in [0.25, 0.3) is 0 Å². The van der Waals surface area contributed by atoms with Crippen molar-refractivity contribution in [3.63, 3.8) is 0 Å². The summed E-state index contributed by atoms with van der Waals surface area (Å²) < 4.78 is 17.8. The predicted molar refractivity (Wildman–Crippen MR) is 178 cm³/mol. The van der Waals surface area contributed by atoms with E-state index in [1.165, 1.54) is 24.5 Å². The Balaban J connectivity index is 2.35. The maximum atomic E-state index is 12.3. The summed E-state index contributed by atoms with van der Waals surface area (Å²) in [6, 6.07) is 8.83. The molecule has 1 aromatic carbocycles. The van der Waals surface area contributed by atoms with E-state index in [0.29, 0.717) is 13.2 Å². The van der Waals surface area contributed by atoms with Gasteiger partial charge in [0.25, 0.3) is 0 Å². The first-order valence-electron chi connectivity index (χ1n) is 14.9. The van der Waals surface area contributed by atoms with Gasteiger partial charge >= 0.3 is 5.97 Å². The zero-order valence-electron chi connectivity index (χ0n) is 28.2. The highest BCUT2D eigenvalue weighted by atomic mass is 32.2. The number of benzene rings is 1. The van der Waals surface area contributed by atoms with Crippen molar-refractivity contribution in [3.05, 3.63) is 50.7 Å². The Morgan fingerprint density at radius 1 is 1.00 bits per heavy atom. The van der Waals surface area contributed by atoms with Gasteiger partial charge in [0.1, 0.15) is 36.3 Å². The van der Waals surface area contributed by atoms with Crippen LogP contribution in [0.3, 0.4) is 0 Å². The molecule has 2 aromatic rings. The van der Waals surface area contributed by atoms with Crippen LogP contribution < -0.4 is 4.74 Å². The first-order chi connectivity index (χ1) is 19.4. The van der Waals surface area contributed by atoms with Crippen LogP contribution >= 0.6 is 11.3 Å². The summed E-state index contributed by atoms with van der Waals surface area (Å²) in [5.41, 5.74) is 3.28. The molecular weight excluding hydrogens is 567 g/mol. The van der Waals surface area contributed by atoms with E-state index in [4.69, 9.17) is 13.7 Å². The molecule has 2 atom stereocenters. The molecule has 0 saturated carbocycles. The van der Waals surface area contributed by atoms with E-state index in [9.17, 15) is 9.59 Å². The molecule has 1 aromatic heterocycles. The number of carbonyl (C=O) groups excluding carboxylic acids is 2. The lowest BCUT2D eigenvalue weighted by Gasteiger charge is -2.33. The molecule has 0 N–H and O–H groups in total. The van der Waals surface area contributed by atoms with Gasteiger partial charge in [-0.15, -0.1) is 11.3 Å². The maximum Gasteiger partial charge on any atom is 0.325 e. The lowest BCUT2D eigenvalue weighted by molar-refractivity contribution is -0.146. The maximum absolute atomic E-state index is 12.3. The summed E-state index contributed by atoms with van der Waals surface area (Å²) >= 11 is 1.53. The van der Waals surface area contributed by atoms with Crippen molar-refractivity contribution < 1.29 is 23.2 Å². The summed E-state index contributed by atoms with van der Waals surface area (Å²) in [6.45, 7) is 24.2. The van der Waals surface area contributed by atoms with Gasteiger partial charge < -0.3 is 14.4 Å². The van der Waals surface area contributed by atoms with E-state index in [2.05, 4.69) is 99.8 Å². The molecule has 236 valence electrons. The van der Waals surface area contributed by atoms with Crippen molar-refractivity contribution in [2.45, 2.75) is 112 Å². The minimum Gasteiger partial charge on any atom is -0.490 e. The average molecular weight is 621 g/mol. The SMILES string of the molecule is CCC(CC)(c1ccc(OCC(O[S+](C)C(C)(C)C)C(C)(C)C)c(C)c1)c1cc(C)c(CN(CC(=O)OC)C(C)=O)s1. The van der Waals surface area contributed by atoms with Crippen LogP contribution in [0.5, 0.6) is 5.75 Å². The number of aryl methyl sites for hydroxylation is 2. The van der Waals surface area contributed by atoms with Crippen LogP contribution in [0.2, 0.25) is 0 Å². The molecule has 0 aliphatic rings. The number of hydrogen-bond donors (Lipinski definition) is 0. The third-order valence-corrected chi connectivity index (χ3v) is 11.9. The fraction of sp³-hybridized carbons (Fsp3) is 0.647. The Morgan fingerprint density at radius 2 is 1.62 bits per heavy atom. The minimum atomic E-state index is -0.418. The van der Waals surface area contributed by atoms with Crippen LogP contribution in [-0.4, -0.2) is 54.1 Å². The first-order valence-corrected chi connectivity index (χ1v) is 17.3. The van der Waals surface area contributed by atoms with Crippen molar-refractivity contribution >= 4 is 34.4 Å². The minimum absolute atomic E-state index is 0.0317. The highest BCUT2D eigenvalue weighted by Crippen LogP contribution is 2.44. The van der Waals surface area contributed by atoms with Crippen LogP contribution in [-0.2, 0) is 41.6 Å². The number of hydrogen-bond acceptors (Lipinski definition) is 6. The third-order valence-electron chi connectivity index (χ3n) is 8.23. The zero-order chi connectivity index (χ0) is 32.0. The quantitative estimate of drug-likeness (QED) is 0.169. The number of esters is 1. The van der Waals surface area contributed by atoms with Gasteiger partial charge in [-0.2, -0.15) is 4.18 Å². The molecule has 6 nitrogen and oxygen atoms in total. The van der Waals surface area contributed by atoms with Gasteiger partial charge in [-0.25, -0.2) is 0 Å². The molecule has 0 spiro atoms. The summed E-state index contributed by atoms with van der Waals surface area (Å²) in [5, 5.41) is 0. The van der Waals surface area contributed by atoms with Crippen LogP contribution in [0.4, 0.5) is 0 Å². The number of methoxy groups -OCH3 is 1. The second kappa shape index (κ2) is 14.6. The molecule has 0 bridgehead atoms. The molecular formula is C34H54NO5S2+. The number of carbonyl (C=O) groups is 2. The number of ether oxygens (including phenoxy) is 2. The number of nitrogens with zero attached hydrogens (tertiary/aromatic N) is 1. The van der Waals surface area contributed by atoms with Gasteiger partial charge in [-0.1, -0.05) is 46.8 Å². The molecule has 8 heteroatoms. The second-order valence-corrected chi connectivity index (χ2v) is 16.7. The second-order valence-electron chi connectivity index (χ2n) is 13.3. The fourth-order valence-electron chi connectivity index (χ4n) is 4.75. The summed E-state index contributed by atoms with van der Waals surface area (Å²) in [6.07, 6.45) is 4.01. The van der Waals surface area contributed by atoms with Crippen molar-refractivity contribution in [2.75, 3.05) is 26.5 Å². The van der Waals surface area contributed by atoms with E-state index in [-0.39, 0.29) is 45.3 Å². The van der Waals surface area contributed by atoms with Crippen LogP contribution in [0, 0.1) is 19.3 Å². The van der Waals surface area contributed by atoms with Crippen molar-refractivity contribution in [3.8, 4) is 5.75 Å². The van der Waals surface area contributed by atoms with E-state index in [1.807, 2.05) is 0 Å². The molecule has 2 rings (SSSR count). The predicted octanol–water partition coefficient (Wildman–Crippen LogP) is 7.76. The van der Waals surface area contributed by atoms with Crippen molar-refractivity contribution in [1.82, 2.24) is 4.90 Å². The largest absolute Gasteiger partial charge is 0.490 e. The highest BCUT2D eigenvalue weighted by molar-refractivity contribution is 7.93. The normalized spacial score (nSPS) is 13.9. The van der Waals surface area contributed by atoms with E-state index < -0.39 is 5.97 Å². The lowest BCUT2D eigenvalue weighted by Crippen LogP contribution is -2.41. The Morgan fingerprint density at radius 3 is 2.10 bits per heavy atom. The molecule has 0 aliphatic carbocycles. The smallest absolute Gasteiger partial charge is 0.325 e. The molecule has 1 heterocycles. The standard InChI is InChI=1S/C34H54NO5S2/c1-14-34(15-2,30-19-24(4)28(41-30)20-35(25(5)36)21-31(37)38-12)26-16-17-27(23(3)18-26)39-22-29(32(6,7)8)40-42(13)33(9,10)11/h16-19,29H,14-15,20-22H2,1-13H3/q+1. The Bertz CT molecular complexity index is 1200. The Labute approximate surface area is 262 Å². The van der Waals surface area contributed by atoms with Gasteiger partial charge in [0.15, 0.2) is 10.9 Å². The third kappa shape index (κ3) is 8.99. The van der Waals surface area contributed by atoms with Gasteiger partial charge in [0.05, 0.1) is 13.7 Å². The van der Waals surface area contributed by atoms with E-state index in [0.717, 1.165) is 34.6 Å². The average Bonchev–Trinajstić information content (AvgIpc) is 3.26. The lowest BCUT2D eigenvalue weighted by atomic mass is 9.74. The van der Waals surface area contributed by atoms with Crippen molar-refractivity contribution in [1.29, 1.82) is 0 Å². The Hall–Kier alpha value is -2.03. The highest BCUT2D eigenvalue weighted by Gasteiger charge is 2.40. The topological polar surface area (TPSA) is 65.1 Å².